The summed E-state index contributed by atoms with van der Waals surface area (Å²) >= 11 is 0. The van der Waals surface area contributed by atoms with Crippen molar-refractivity contribution in [3.8, 4) is 22.8 Å². The van der Waals surface area contributed by atoms with Crippen molar-refractivity contribution in [3.63, 3.8) is 0 Å². The van der Waals surface area contributed by atoms with Crippen molar-refractivity contribution in [2.45, 2.75) is 13.3 Å². The second kappa shape index (κ2) is 9.63. The Morgan fingerprint density at radius 3 is 2.44 bits per heavy atom. The number of piperazine rings is 1. The molecular formula is C25H31N3O4. The lowest BCUT2D eigenvalue weighted by molar-refractivity contribution is 0.0615. The van der Waals surface area contributed by atoms with Crippen LogP contribution in [0.15, 0.2) is 36.4 Å². The minimum atomic E-state index is 0.0615. The van der Waals surface area contributed by atoms with Gasteiger partial charge in [-0.05, 0) is 48.4 Å². The molecule has 1 fully saturated rings. The number of amides is 1. The van der Waals surface area contributed by atoms with Gasteiger partial charge in [0.1, 0.15) is 0 Å². The normalized spacial score (nSPS) is 14.7. The highest BCUT2D eigenvalue weighted by Crippen LogP contribution is 2.36. The van der Waals surface area contributed by atoms with Crippen LogP contribution in [-0.2, 0) is 6.42 Å². The highest BCUT2D eigenvalue weighted by molar-refractivity contribution is 6.00. The summed E-state index contributed by atoms with van der Waals surface area (Å²) in [5.41, 5.74) is 4.94. The molecule has 0 bridgehead atoms. The van der Waals surface area contributed by atoms with Crippen molar-refractivity contribution in [1.82, 2.24) is 14.8 Å². The Morgan fingerprint density at radius 1 is 1.03 bits per heavy atom. The monoisotopic (exact) mass is 437 g/mol. The number of hydrogen-bond acceptors (Lipinski definition) is 5. The van der Waals surface area contributed by atoms with Crippen LogP contribution in [0, 0.1) is 0 Å². The van der Waals surface area contributed by atoms with Crippen molar-refractivity contribution in [2.24, 2.45) is 0 Å². The van der Waals surface area contributed by atoms with Gasteiger partial charge in [0.2, 0.25) is 0 Å². The van der Waals surface area contributed by atoms with E-state index in [9.17, 15) is 4.79 Å². The van der Waals surface area contributed by atoms with Crippen molar-refractivity contribution in [3.05, 3.63) is 47.5 Å². The quantitative estimate of drug-likeness (QED) is 0.594. The predicted molar refractivity (Wildman–Crippen MR) is 126 cm³/mol. The highest BCUT2D eigenvalue weighted by Gasteiger charge is 2.23. The van der Waals surface area contributed by atoms with Crippen LogP contribution in [-0.4, -0.2) is 79.3 Å². The zero-order valence-corrected chi connectivity index (χ0v) is 19.0. The molecule has 32 heavy (non-hydrogen) atoms. The molecule has 0 radical (unpaired) electrons. The van der Waals surface area contributed by atoms with E-state index < -0.39 is 0 Å². The van der Waals surface area contributed by atoms with Crippen LogP contribution in [0.25, 0.3) is 22.2 Å². The number of methoxy groups -OCH3 is 2. The number of benzene rings is 2. The van der Waals surface area contributed by atoms with Gasteiger partial charge < -0.3 is 24.5 Å². The molecule has 0 atom stereocenters. The summed E-state index contributed by atoms with van der Waals surface area (Å²) in [6, 6.07) is 11.8. The topological polar surface area (TPSA) is 78.0 Å². The van der Waals surface area contributed by atoms with Crippen molar-refractivity contribution >= 4 is 16.8 Å². The lowest BCUT2D eigenvalue weighted by atomic mass is 10.0. The summed E-state index contributed by atoms with van der Waals surface area (Å²) in [6.45, 7) is 5.89. The summed E-state index contributed by atoms with van der Waals surface area (Å²) in [5, 5.41) is 10.2. The maximum Gasteiger partial charge on any atom is 0.253 e. The zero-order valence-electron chi connectivity index (χ0n) is 19.0. The van der Waals surface area contributed by atoms with E-state index in [-0.39, 0.29) is 12.5 Å². The van der Waals surface area contributed by atoms with Gasteiger partial charge in [-0.25, -0.2) is 0 Å². The Labute approximate surface area is 188 Å². The predicted octanol–water partition coefficient (Wildman–Crippen LogP) is 3.16. The number of β-amino-alcohol motifs (C(OH)–C–C–N with tert-alkyl or cyclic N) is 1. The van der Waals surface area contributed by atoms with Crippen LogP contribution < -0.4 is 9.47 Å². The minimum absolute atomic E-state index is 0.0615. The van der Waals surface area contributed by atoms with Gasteiger partial charge in [0.15, 0.2) is 11.5 Å². The first-order chi connectivity index (χ1) is 15.6. The molecule has 1 aliphatic heterocycles. The Bertz CT molecular complexity index is 1100. The van der Waals surface area contributed by atoms with Crippen LogP contribution in [0.4, 0.5) is 0 Å². The summed E-state index contributed by atoms with van der Waals surface area (Å²) in [7, 11) is 3.26. The number of hydrogen-bond donors (Lipinski definition) is 2. The molecule has 1 aromatic heterocycles. The van der Waals surface area contributed by atoms with E-state index in [4.69, 9.17) is 14.6 Å². The Kier molecular flexibility index (Phi) is 6.67. The van der Waals surface area contributed by atoms with E-state index >= 15 is 0 Å². The second-order valence-corrected chi connectivity index (χ2v) is 8.02. The van der Waals surface area contributed by atoms with E-state index in [2.05, 4.69) is 16.8 Å². The van der Waals surface area contributed by atoms with Crippen LogP contribution in [0.2, 0.25) is 0 Å². The van der Waals surface area contributed by atoms with Gasteiger partial charge in [0.05, 0.1) is 20.8 Å². The first-order valence-electron chi connectivity index (χ1n) is 11.1. The molecule has 0 unspecified atom stereocenters. The summed E-state index contributed by atoms with van der Waals surface area (Å²) in [6.07, 6.45) is 0.834. The van der Waals surface area contributed by atoms with Crippen LogP contribution in [0.3, 0.4) is 0 Å². The molecule has 7 nitrogen and oxygen atoms in total. The van der Waals surface area contributed by atoms with Crippen LogP contribution in [0.5, 0.6) is 11.5 Å². The van der Waals surface area contributed by atoms with Crippen LogP contribution >= 0.6 is 0 Å². The third-order valence-corrected chi connectivity index (χ3v) is 6.25. The van der Waals surface area contributed by atoms with Gasteiger partial charge >= 0.3 is 0 Å². The number of aliphatic hydroxyl groups is 1. The van der Waals surface area contributed by atoms with E-state index in [1.807, 2.05) is 41.3 Å². The lowest BCUT2D eigenvalue weighted by Gasteiger charge is -2.34. The maximum atomic E-state index is 13.2. The fourth-order valence-corrected chi connectivity index (χ4v) is 4.48. The molecule has 170 valence electrons. The molecule has 7 heteroatoms. The first kappa shape index (κ1) is 22.2. The fourth-order valence-electron chi connectivity index (χ4n) is 4.48. The molecule has 1 amide bonds. The van der Waals surface area contributed by atoms with Crippen molar-refractivity contribution in [2.75, 3.05) is 53.6 Å². The Hall–Kier alpha value is -3.03. The smallest absolute Gasteiger partial charge is 0.253 e. The number of aromatic amines is 1. The Morgan fingerprint density at radius 2 is 1.78 bits per heavy atom. The maximum absolute atomic E-state index is 13.2. The minimum Gasteiger partial charge on any atom is -0.493 e. The molecular weight excluding hydrogens is 406 g/mol. The number of nitrogens with zero attached hydrogens (tertiary/aromatic N) is 2. The van der Waals surface area contributed by atoms with E-state index in [1.165, 1.54) is 5.56 Å². The number of aliphatic hydroxyl groups excluding tert-OH is 1. The third kappa shape index (κ3) is 4.18. The zero-order chi connectivity index (χ0) is 22.7. The molecule has 1 aliphatic rings. The number of carbonyl (C=O) groups excluding carboxylic acids is 1. The number of aromatic nitrogens is 1. The van der Waals surface area contributed by atoms with Crippen molar-refractivity contribution < 1.29 is 19.4 Å². The number of aryl methyl sites for hydroxylation is 1. The summed E-state index contributed by atoms with van der Waals surface area (Å²) in [5.74, 6) is 1.44. The van der Waals surface area contributed by atoms with Gasteiger partial charge in [-0.2, -0.15) is 0 Å². The number of carbonyl (C=O) groups is 1. The third-order valence-electron chi connectivity index (χ3n) is 6.25. The number of fused-ring (bicyclic) bond motifs is 1. The van der Waals surface area contributed by atoms with E-state index in [0.717, 1.165) is 41.7 Å². The first-order valence-corrected chi connectivity index (χ1v) is 11.1. The largest absolute Gasteiger partial charge is 0.493 e. The number of ether oxygens (including phenoxy) is 2. The molecule has 2 heterocycles. The molecule has 4 rings (SSSR count). The van der Waals surface area contributed by atoms with Gasteiger partial charge in [-0.1, -0.05) is 6.92 Å². The molecule has 0 aliphatic carbocycles. The Balaban J connectivity index is 1.65. The van der Waals surface area contributed by atoms with Gasteiger partial charge in [-0.3, -0.25) is 9.69 Å². The molecule has 2 aromatic carbocycles. The number of H-pyrrole nitrogens is 1. The highest BCUT2D eigenvalue weighted by atomic mass is 16.5. The molecule has 2 N–H and O–H groups in total. The second-order valence-electron chi connectivity index (χ2n) is 8.02. The standard InChI is InChI=1S/C25H31N3O4/c1-4-19-20-15-18(25(30)28-11-9-27(10-12-28)13-14-29)5-7-21(20)26-24(19)17-6-8-22(31-2)23(16-17)32-3/h5-8,15-16,26,29H,4,9-14H2,1-3H3. The fraction of sp³-hybridized carbons (Fsp3) is 0.400. The van der Waals surface area contributed by atoms with Crippen LogP contribution in [0.1, 0.15) is 22.8 Å². The van der Waals surface area contributed by atoms with E-state index in [0.29, 0.717) is 36.7 Å². The average Bonchev–Trinajstić information content (AvgIpc) is 3.21. The average molecular weight is 438 g/mol. The van der Waals surface area contributed by atoms with Gasteiger partial charge in [0.25, 0.3) is 5.91 Å². The SMILES string of the molecule is CCc1c(-c2ccc(OC)c(OC)c2)[nH]c2ccc(C(=O)N3CCN(CCO)CC3)cc12. The molecule has 1 saturated heterocycles. The summed E-state index contributed by atoms with van der Waals surface area (Å²) in [4.78, 5) is 20.8. The lowest BCUT2D eigenvalue weighted by Crippen LogP contribution is -2.49. The molecule has 3 aromatic rings. The van der Waals surface area contributed by atoms with Gasteiger partial charge in [-0.15, -0.1) is 0 Å². The van der Waals surface area contributed by atoms with Gasteiger partial charge in [0, 0.05) is 60.4 Å². The number of rotatable bonds is 7. The number of nitrogens with one attached hydrogen (secondary N) is 1. The van der Waals surface area contributed by atoms with Crippen molar-refractivity contribution in [1.29, 1.82) is 0 Å². The molecule has 0 spiro atoms. The summed E-state index contributed by atoms with van der Waals surface area (Å²) < 4.78 is 10.8. The van der Waals surface area contributed by atoms with E-state index in [1.54, 1.807) is 14.2 Å². The molecule has 0 saturated carbocycles.